The highest BCUT2D eigenvalue weighted by atomic mass is 79.9. The van der Waals surface area contributed by atoms with Gasteiger partial charge in [-0.25, -0.2) is 0 Å². The molecule has 6 heteroatoms. The number of aryl methyl sites for hydroxylation is 1. The van der Waals surface area contributed by atoms with Crippen LogP contribution in [0.4, 0.5) is 0 Å². The van der Waals surface area contributed by atoms with Crippen molar-refractivity contribution in [2.45, 2.75) is 23.5 Å². The molecule has 1 heterocycles. The Labute approximate surface area is 113 Å². The lowest BCUT2D eigenvalue weighted by atomic mass is 10.2. The zero-order valence-electron chi connectivity index (χ0n) is 9.64. The molecule has 0 amide bonds. The topological polar surface area (TPSA) is 56.7 Å². The second-order valence-electron chi connectivity index (χ2n) is 3.66. The molecule has 0 unspecified atom stereocenters. The summed E-state index contributed by atoms with van der Waals surface area (Å²) in [5, 5.41) is 9.04. The fourth-order valence-corrected chi connectivity index (χ4v) is 2.84. The van der Waals surface area contributed by atoms with E-state index in [0.717, 1.165) is 25.9 Å². The molecule has 0 aliphatic carbocycles. The number of rotatable bonds is 3. The standard InChI is InChI=1S/C11H13BrN4S/c1-7-14-15-11(16(7)2)17-10-4-3-8(6-13)5-9(10)12/h3-5H,6,13H2,1-2H3. The molecule has 17 heavy (non-hydrogen) atoms. The van der Waals surface area contributed by atoms with Gasteiger partial charge in [0.2, 0.25) is 0 Å². The predicted octanol–water partition coefficient (Wildman–Crippen LogP) is 2.50. The van der Waals surface area contributed by atoms with Crippen LogP contribution in [0.25, 0.3) is 0 Å². The lowest BCUT2D eigenvalue weighted by Gasteiger charge is -2.05. The lowest BCUT2D eigenvalue weighted by Crippen LogP contribution is -1.96. The Hall–Kier alpha value is -0.850. The van der Waals surface area contributed by atoms with Gasteiger partial charge in [0.1, 0.15) is 5.82 Å². The van der Waals surface area contributed by atoms with Crippen LogP contribution in [0.3, 0.4) is 0 Å². The van der Waals surface area contributed by atoms with Gasteiger partial charge in [0.05, 0.1) is 0 Å². The fourth-order valence-electron chi connectivity index (χ4n) is 1.33. The van der Waals surface area contributed by atoms with Gasteiger partial charge in [-0.2, -0.15) is 0 Å². The zero-order valence-corrected chi connectivity index (χ0v) is 12.0. The summed E-state index contributed by atoms with van der Waals surface area (Å²) < 4.78 is 3.00. The fraction of sp³-hybridized carbons (Fsp3) is 0.273. The van der Waals surface area contributed by atoms with Gasteiger partial charge in [-0.1, -0.05) is 6.07 Å². The Kier molecular flexibility index (Phi) is 3.86. The van der Waals surface area contributed by atoms with E-state index in [-0.39, 0.29) is 0 Å². The summed E-state index contributed by atoms with van der Waals surface area (Å²) in [5.74, 6) is 0.905. The van der Waals surface area contributed by atoms with E-state index in [0.29, 0.717) is 6.54 Å². The van der Waals surface area contributed by atoms with Crippen LogP contribution in [0, 0.1) is 6.92 Å². The zero-order chi connectivity index (χ0) is 12.4. The predicted molar refractivity (Wildman–Crippen MR) is 71.9 cm³/mol. The Balaban J connectivity index is 2.27. The molecule has 4 nitrogen and oxygen atoms in total. The first-order valence-electron chi connectivity index (χ1n) is 5.14. The largest absolute Gasteiger partial charge is 0.326 e. The van der Waals surface area contributed by atoms with Gasteiger partial charge in [0, 0.05) is 23.0 Å². The molecular formula is C11H13BrN4S. The van der Waals surface area contributed by atoms with E-state index < -0.39 is 0 Å². The molecule has 1 aromatic heterocycles. The monoisotopic (exact) mass is 312 g/mol. The minimum atomic E-state index is 0.548. The van der Waals surface area contributed by atoms with E-state index in [2.05, 4.69) is 26.1 Å². The smallest absolute Gasteiger partial charge is 0.195 e. The van der Waals surface area contributed by atoms with Crippen molar-refractivity contribution in [3.8, 4) is 0 Å². The first-order chi connectivity index (χ1) is 8.11. The van der Waals surface area contributed by atoms with E-state index >= 15 is 0 Å². The van der Waals surface area contributed by atoms with E-state index in [4.69, 9.17) is 5.73 Å². The van der Waals surface area contributed by atoms with Crippen molar-refractivity contribution in [2.75, 3.05) is 0 Å². The van der Waals surface area contributed by atoms with Crippen molar-refractivity contribution in [2.24, 2.45) is 12.8 Å². The first kappa shape index (κ1) is 12.6. The maximum Gasteiger partial charge on any atom is 0.195 e. The van der Waals surface area contributed by atoms with Crippen molar-refractivity contribution >= 4 is 27.7 Å². The normalized spacial score (nSPS) is 10.8. The van der Waals surface area contributed by atoms with Crippen LogP contribution in [0.1, 0.15) is 11.4 Å². The van der Waals surface area contributed by atoms with Gasteiger partial charge in [-0.15, -0.1) is 10.2 Å². The maximum atomic E-state index is 5.59. The Bertz CT molecular complexity index is 538. The summed E-state index contributed by atoms with van der Waals surface area (Å²) in [6.45, 7) is 2.48. The number of benzene rings is 1. The second-order valence-corrected chi connectivity index (χ2v) is 5.52. The number of halogens is 1. The molecule has 0 radical (unpaired) electrons. The van der Waals surface area contributed by atoms with Gasteiger partial charge in [0.15, 0.2) is 5.16 Å². The third-order valence-electron chi connectivity index (χ3n) is 2.49. The van der Waals surface area contributed by atoms with E-state index in [9.17, 15) is 0 Å². The summed E-state index contributed by atoms with van der Waals surface area (Å²) >= 11 is 5.13. The van der Waals surface area contributed by atoms with Crippen LogP contribution < -0.4 is 5.73 Å². The minimum absolute atomic E-state index is 0.548. The highest BCUT2D eigenvalue weighted by Crippen LogP contribution is 2.32. The van der Waals surface area contributed by atoms with Crippen LogP contribution in [0.2, 0.25) is 0 Å². The van der Waals surface area contributed by atoms with E-state index in [1.807, 2.05) is 36.7 Å². The molecule has 0 bridgehead atoms. The molecule has 0 aliphatic rings. The van der Waals surface area contributed by atoms with Crippen LogP contribution in [0.5, 0.6) is 0 Å². The molecular weight excluding hydrogens is 300 g/mol. The molecule has 0 saturated heterocycles. The van der Waals surface area contributed by atoms with Crippen molar-refractivity contribution < 1.29 is 0 Å². The first-order valence-corrected chi connectivity index (χ1v) is 6.75. The number of aromatic nitrogens is 3. The van der Waals surface area contributed by atoms with Gasteiger partial charge in [-0.3, -0.25) is 0 Å². The van der Waals surface area contributed by atoms with Crippen LogP contribution in [-0.2, 0) is 13.6 Å². The molecule has 0 saturated carbocycles. The number of hydrogen-bond acceptors (Lipinski definition) is 4. The second kappa shape index (κ2) is 5.20. The Morgan fingerprint density at radius 3 is 2.71 bits per heavy atom. The van der Waals surface area contributed by atoms with Gasteiger partial charge in [0.25, 0.3) is 0 Å². The van der Waals surface area contributed by atoms with Gasteiger partial charge >= 0.3 is 0 Å². The molecule has 0 atom stereocenters. The third-order valence-corrected chi connectivity index (χ3v) is 4.52. The summed E-state index contributed by atoms with van der Waals surface area (Å²) in [5.41, 5.74) is 6.70. The summed E-state index contributed by atoms with van der Waals surface area (Å²) in [7, 11) is 1.96. The van der Waals surface area contributed by atoms with Crippen LogP contribution in [0.15, 0.2) is 32.7 Å². The quantitative estimate of drug-likeness (QED) is 0.946. The lowest BCUT2D eigenvalue weighted by molar-refractivity contribution is 0.765. The number of hydrogen-bond donors (Lipinski definition) is 1. The highest BCUT2D eigenvalue weighted by molar-refractivity contribution is 9.10. The molecule has 0 fully saturated rings. The molecule has 90 valence electrons. The molecule has 0 aliphatic heterocycles. The average Bonchev–Trinajstić information content (AvgIpc) is 2.63. The van der Waals surface area contributed by atoms with Crippen LogP contribution in [-0.4, -0.2) is 14.8 Å². The van der Waals surface area contributed by atoms with Crippen molar-refractivity contribution in [1.82, 2.24) is 14.8 Å². The van der Waals surface area contributed by atoms with Crippen molar-refractivity contribution in [3.05, 3.63) is 34.1 Å². The molecule has 2 aromatic rings. The Morgan fingerprint density at radius 1 is 1.41 bits per heavy atom. The van der Waals surface area contributed by atoms with Crippen molar-refractivity contribution in [3.63, 3.8) is 0 Å². The third kappa shape index (κ3) is 2.70. The van der Waals surface area contributed by atoms with Crippen LogP contribution >= 0.6 is 27.7 Å². The molecule has 0 spiro atoms. The molecule has 1 aromatic carbocycles. The molecule has 2 rings (SSSR count). The Morgan fingerprint density at radius 2 is 2.18 bits per heavy atom. The van der Waals surface area contributed by atoms with Crippen molar-refractivity contribution in [1.29, 1.82) is 0 Å². The van der Waals surface area contributed by atoms with Gasteiger partial charge in [-0.05, 0) is 52.3 Å². The summed E-state index contributed by atoms with van der Waals surface area (Å²) in [4.78, 5) is 1.11. The summed E-state index contributed by atoms with van der Waals surface area (Å²) in [6.07, 6.45) is 0. The summed E-state index contributed by atoms with van der Waals surface area (Å²) in [6, 6.07) is 6.10. The van der Waals surface area contributed by atoms with E-state index in [1.54, 1.807) is 11.8 Å². The average molecular weight is 313 g/mol. The molecule has 2 N–H and O–H groups in total. The maximum absolute atomic E-state index is 5.59. The number of nitrogens with two attached hydrogens (primary N) is 1. The van der Waals surface area contributed by atoms with E-state index in [1.165, 1.54) is 0 Å². The SMILES string of the molecule is Cc1nnc(Sc2ccc(CN)cc2Br)n1C. The number of nitrogens with zero attached hydrogens (tertiary/aromatic N) is 3. The highest BCUT2D eigenvalue weighted by Gasteiger charge is 2.09. The van der Waals surface area contributed by atoms with Gasteiger partial charge < -0.3 is 10.3 Å². The minimum Gasteiger partial charge on any atom is -0.326 e.